The number of hydrogen-bond donors (Lipinski definition) is 0. The Hall–Kier alpha value is -0.850. The number of benzene rings is 1. The van der Waals surface area contributed by atoms with Gasteiger partial charge in [0.05, 0.1) is 0 Å². The van der Waals surface area contributed by atoms with Crippen LogP contribution in [0.15, 0.2) is 24.3 Å². The molecule has 0 aromatic heterocycles. The Morgan fingerprint density at radius 1 is 1.06 bits per heavy atom. The summed E-state index contributed by atoms with van der Waals surface area (Å²) in [6.07, 6.45) is 3.83. The molecule has 0 saturated heterocycles. The molecule has 0 nitrogen and oxygen atoms in total. The van der Waals surface area contributed by atoms with Gasteiger partial charge in [0.25, 0.3) is 0 Å². The molecule has 2 unspecified atom stereocenters. The summed E-state index contributed by atoms with van der Waals surface area (Å²) in [5.74, 6) is 1.32. The monoisotopic (exact) mass is 220 g/mol. The second kappa shape index (κ2) is 4.20. The van der Waals surface area contributed by atoms with Gasteiger partial charge in [0.15, 0.2) is 0 Å². The zero-order valence-corrected chi connectivity index (χ0v) is 10.5. The molecule has 1 heteroatoms. The fraction of sp³-hybridized carbons (Fsp3) is 0.600. The van der Waals surface area contributed by atoms with Crippen molar-refractivity contribution < 1.29 is 4.39 Å². The average molecular weight is 220 g/mol. The van der Waals surface area contributed by atoms with Gasteiger partial charge in [0, 0.05) is 0 Å². The van der Waals surface area contributed by atoms with Gasteiger partial charge in [-0.15, -0.1) is 0 Å². The topological polar surface area (TPSA) is 0 Å². The van der Waals surface area contributed by atoms with Gasteiger partial charge in [-0.05, 0) is 54.2 Å². The molecule has 0 radical (unpaired) electrons. The summed E-state index contributed by atoms with van der Waals surface area (Å²) < 4.78 is 12.8. The van der Waals surface area contributed by atoms with Gasteiger partial charge < -0.3 is 0 Å². The van der Waals surface area contributed by atoms with Gasteiger partial charge in [-0.3, -0.25) is 0 Å². The Kier molecular flexibility index (Phi) is 3.05. The molecule has 1 aliphatic rings. The normalized spacial score (nSPS) is 26.0. The molecule has 1 saturated carbocycles. The first kappa shape index (κ1) is 11.6. The lowest BCUT2D eigenvalue weighted by Crippen LogP contribution is -2.17. The van der Waals surface area contributed by atoms with E-state index in [1.165, 1.54) is 24.8 Å². The number of hydrogen-bond acceptors (Lipinski definition) is 0. The van der Waals surface area contributed by atoms with Crippen LogP contribution in [0.3, 0.4) is 0 Å². The van der Waals surface area contributed by atoms with Crippen LogP contribution in [0.5, 0.6) is 0 Å². The summed E-state index contributed by atoms with van der Waals surface area (Å²) in [5.41, 5.74) is 1.72. The van der Waals surface area contributed by atoms with Gasteiger partial charge in [0.1, 0.15) is 5.82 Å². The molecule has 0 aliphatic heterocycles. The second-order valence-electron chi connectivity index (χ2n) is 6.12. The Labute approximate surface area is 97.9 Å². The molecule has 0 heterocycles. The lowest BCUT2D eigenvalue weighted by Gasteiger charge is -2.27. The van der Waals surface area contributed by atoms with Crippen molar-refractivity contribution in [2.75, 3.05) is 0 Å². The van der Waals surface area contributed by atoms with E-state index < -0.39 is 0 Å². The summed E-state index contributed by atoms with van der Waals surface area (Å²) in [5, 5.41) is 0. The summed E-state index contributed by atoms with van der Waals surface area (Å²) in [4.78, 5) is 0. The zero-order valence-electron chi connectivity index (χ0n) is 10.5. The van der Waals surface area contributed by atoms with Crippen LogP contribution >= 0.6 is 0 Å². The van der Waals surface area contributed by atoms with E-state index in [1.54, 1.807) is 12.1 Å². The fourth-order valence-electron chi connectivity index (χ4n) is 2.81. The third-order valence-corrected chi connectivity index (χ3v) is 4.00. The number of halogens is 1. The van der Waals surface area contributed by atoms with E-state index in [2.05, 4.69) is 20.8 Å². The Balaban J connectivity index is 2.06. The molecule has 2 atom stereocenters. The predicted molar refractivity (Wildman–Crippen MR) is 65.9 cm³/mol. The lowest BCUT2D eigenvalue weighted by atomic mass is 9.79. The molecule has 2 rings (SSSR count). The molecule has 1 fully saturated rings. The summed E-state index contributed by atoms with van der Waals surface area (Å²) in [7, 11) is 0. The first-order chi connectivity index (χ1) is 7.47. The van der Waals surface area contributed by atoms with Gasteiger partial charge in [-0.1, -0.05) is 32.9 Å². The maximum absolute atomic E-state index is 12.8. The first-order valence-electron chi connectivity index (χ1n) is 6.22. The largest absolute Gasteiger partial charge is 0.207 e. The van der Waals surface area contributed by atoms with Crippen LogP contribution in [-0.4, -0.2) is 0 Å². The molecule has 16 heavy (non-hydrogen) atoms. The molecular weight excluding hydrogens is 199 g/mol. The van der Waals surface area contributed by atoms with Crippen molar-refractivity contribution in [3.05, 3.63) is 35.6 Å². The minimum Gasteiger partial charge on any atom is -0.207 e. The highest BCUT2D eigenvalue weighted by Crippen LogP contribution is 2.46. The molecule has 1 aliphatic carbocycles. The molecule has 0 amide bonds. The highest BCUT2D eigenvalue weighted by Gasteiger charge is 2.33. The number of rotatable bonds is 1. The predicted octanol–water partition coefficient (Wildman–Crippen LogP) is 4.76. The fourth-order valence-corrected chi connectivity index (χ4v) is 2.81. The molecule has 0 N–H and O–H groups in total. The smallest absolute Gasteiger partial charge is 0.123 e. The summed E-state index contributed by atoms with van der Waals surface area (Å²) in [6, 6.07) is 7.07. The maximum atomic E-state index is 12.8. The molecular formula is C15H21F. The van der Waals surface area contributed by atoms with Crippen LogP contribution in [0.1, 0.15) is 51.5 Å². The van der Waals surface area contributed by atoms with E-state index in [1.807, 2.05) is 12.1 Å². The van der Waals surface area contributed by atoms with Crippen LogP contribution < -0.4 is 0 Å². The van der Waals surface area contributed by atoms with Crippen molar-refractivity contribution in [3.63, 3.8) is 0 Å². The molecule has 0 spiro atoms. The van der Waals surface area contributed by atoms with Crippen molar-refractivity contribution in [1.82, 2.24) is 0 Å². The quantitative estimate of drug-likeness (QED) is 0.640. The third-order valence-electron chi connectivity index (χ3n) is 4.00. The Bertz CT molecular complexity index is 345. The Morgan fingerprint density at radius 3 is 2.19 bits per heavy atom. The van der Waals surface area contributed by atoms with Gasteiger partial charge in [-0.25, -0.2) is 4.39 Å². The van der Waals surface area contributed by atoms with Crippen LogP contribution in [0, 0.1) is 17.2 Å². The van der Waals surface area contributed by atoms with Crippen LogP contribution in [0.2, 0.25) is 0 Å². The average Bonchev–Trinajstić information content (AvgIpc) is 2.67. The van der Waals surface area contributed by atoms with Crippen molar-refractivity contribution in [2.24, 2.45) is 11.3 Å². The van der Waals surface area contributed by atoms with Crippen LogP contribution in [0.25, 0.3) is 0 Å². The second-order valence-corrected chi connectivity index (χ2v) is 6.12. The first-order valence-corrected chi connectivity index (χ1v) is 6.22. The highest BCUT2D eigenvalue weighted by atomic mass is 19.1. The minimum atomic E-state index is -0.130. The van der Waals surface area contributed by atoms with Crippen LogP contribution in [0.4, 0.5) is 4.39 Å². The molecule has 0 bridgehead atoms. The zero-order chi connectivity index (χ0) is 11.8. The highest BCUT2D eigenvalue weighted by molar-refractivity contribution is 5.21. The van der Waals surface area contributed by atoms with E-state index in [4.69, 9.17) is 0 Å². The van der Waals surface area contributed by atoms with Crippen molar-refractivity contribution in [2.45, 2.75) is 46.0 Å². The van der Waals surface area contributed by atoms with Gasteiger partial charge >= 0.3 is 0 Å². The van der Waals surface area contributed by atoms with Crippen LogP contribution in [-0.2, 0) is 0 Å². The van der Waals surface area contributed by atoms with Gasteiger partial charge in [-0.2, -0.15) is 0 Å². The van der Waals surface area contributed by atoms with E-state index in [0.29, 0.717) is 11.3 Å². The standard InChI is InChI=1S/C15H21F/c1-15(2,3)13-7-4-12(10-13)11-5-8-14(16)9-6-11/h5-6,8-9,12-13H,4,7,10H2,1-3H3. The van der Waals surface area contributed by atoms with Gasteiger partial charge in [0.2, 0.25) is 0 Å². The van der Waals surface area contributed by atoms with Crippen molar-refractivity contribution in [3.8, 4) is 0 Å². The van der Waals surface area contributed by atoms with Crippen molar-refractivity contribution >= 4 is 0 Å². The minimum absolute atomic E-state index is 0.130. The molecule has 88 valence electrons. The van der Waals surface area contributed by atoms with E-state index in [0.717, 1.165) is 5.92 Å². The van der Waals surface area contributed by atoms with E-state index >= 15 is 0 Å². The third kappa shape index (κ3) is 2.45. The summed E-state index contributed by atoms with van der Waals surface area (Å²) >= 11 is 0. The molecule has 1 aromatic rings. The maximum Gasteiger partial charge on any atom is 0.123 e. The van der Waals surface area contributed by atoms with E-state index in [9.17, 15) is 4.39 Å². The van der Waals surface area contributed by atoms with Crippen molar-refractivity contribution in [1.29, 1.82) is 0 Å². The van der Waals surface area contributed by atoms with E-state index in [-0.39, 0.29) is 5.82 Å². The molecule has 1 aromatic carbocycles. The summed E-state index contributed by atoms with van der Waals surface area (Å²) in [6.45, 7) is 6.97. The Morgan fingerprint density at radius 2 is 1.69 bits per heavy atom. The lowest BCUT2D eigenvalue weighted by molar-refractivity contribution is 0.244. The SMILES string of the molecule is CC(C)(C)C1CCC(c2ccc(F)cc2)C1.